The molecule has 1 saturated heterocycles. The number of nitrogens with one attached hydrogen (secondary N) is 1. The summed E-state index contributed by atoms with van der Waals surface area (Å²) < 4.78 is 1.76. The average molecular weight is 352 g/mol. The van der Waals surface area contributed by atoms with Crippen LogP contribution in [0.4, 0.5) is 4.79 Å². The van der Waals surface area contributed by atoms with Gasteiger partial charge in [-0.2, -0.15) is 0 Å². The first-order valence-corrected chi connectivity index (χ1v) is 8.30. The monoisotopic (exact) mass is 351 g/mol. The Morgan fingerprint density at radius 2 is 2.30 bits per heavy atom. The van der Waals surface area contributed by atoms with E-state index in [0.29, 0.717) is 23.3 Å². The van der Waals surface area contributed by atoms with Crippen LogP contribution in [0.5, 0.6) is 0 Å². The molecule has 1 aromatic carbocycles. The highest BCUT2D eigenvalue weighted by atomic mass is 35.5. The van der Waals surface area contributed by atoms with Crippen molar-refractivity contribution in [3.63, 3.8) is 0 Å². The van der Waals surface area contributed by atoms with Gasteiger partial charge in [0.25, 0.3) is 0 Å². The Hall–Kier alpha value is -2.06. The van der Waals surface area contributed by atoms with Gasteiger partial charge in [0, 0.05) is 18.1 Å². The number of urea groups is 1. The molecule has 0 bridgehead atoms. The quantitative estimate of drug-likeness (QED) is 0.851. The predicted octanol–water partition coefficient (Wildman–Crippen LogP) is 1.87. The molecule has 0 saturated carbocycles. The lowest BCUT2D eigenvalue weighted by Gasteiger charge is -2.12. The number of aromatic nitrogens is 3. The molecule has 1 aromatic heterocycles. The lowest BCUT2D eigenvalue weighted by atomic mass is 10.2. The van der Waals surface area contributed by atoms with Crippen molar-refractivity contribution in [2.75, 3.05) is 18.8 Å². The zero-order valence-corrected chi connectivity index (χ0v) is 13.9. The summed E-state index contributed by atoms with van der Waals surface area (Å²) in [6.45, 7) is 2.82. The molecule has 9 heteroatoms. The van der Waals surface area contributed by atoms with Crippen LogP contribution >= 0.6 is 23.4 Å². The van der Waals surface area contributed by atoms with E-state index in [2.05, 4.69) is 15.5 Å². The van der Waals surface area contributed by atoms with Crippen LogP contribution in [-0.2, 0) is 4.79 Å². The first-order chi connectivity index (χ1) is 11.1. The largest absolute Gasteiger partial charge is 0.336 e. The number of imide groups is 1. The molecular formula is C14H14ClN5O2S. The van der Waals surface area contributed by atoms with Gasteiger partial charge in [-0.25, -0.2) is 4.79 Å². The van der Waals surface area contributed by atoms with Crippen LogP contribution in [0.15, 0.2) is 29.7 Å². The summed E-state index contributed by atoms with van der Waals surface area (Å²) in [5.74, 6) is -0.132. The van der Waals surface area contributed by atoms with Gasteiger partial charge in [0.2, 0.25) is 5.91 Å². The van der Waals surface area contributed by atoms with Crippen molar-refractivity contribution >= 4 is 35.3 Å². The maximum Gasteiger partial charge on any atom is 0.324 e. The van der Waals surface area contributed by atoms with E-state index in [-0.39, 0.29) is 17.7 Å². The van der Waals surface area contributed by atoms with Gasteiger partial charge < -0.3 is 5.32 Å². The van der Waals surface area contributed by atoms with E-state index in [9.17, 15) is 9.59 Å². The van der Waals surface area contributed by atoms with E-state index < -0.39 is 0 Å². The molecule has 2 aromatic rings. The predicted molar refractivity (Wildman–Crippen MR) is 86.9 cm³/mol. The molecule has 1 aliphatic rings. The Labute approximate surface area is 142 Å². The smallest absolute Gasteiger partial charge is 0.324 e. The number of amides is 3. The Morgan fingerprint density at radius 1 is 1.48 bits per heavy atom. The van der Waals surface area contributed by atoms with Gasteiger partial charge in [0.05, 0.1) is 11.4 Å². The molecule has 7 nitrogen and oxygen atoms in total. The molecule has 3 amide bonds. The highest BCUT2D eigenvalue weighted by Gasteiger charge is 2.26. The molecule has 1 aliphatic heterocycles. The minimum Gasteiger partial charge on any atom is -0.336 e. The van der Waals surface area contributed by atoms with Crippen LogP contribution in [0.25, 0.3) is 5.69 Å². The maximum absolute atomic E-state index is 12.1. The Morgan fingerprint density at radius 3 is 3.00 bits per heavy atom. The number of carbonyl (C=O) groups is 2. The summed E-state index contributed by atoms with van der Waals surface area (Å²) in [4.78, 5) is 24.7. The number of carbonyl (C=O) groups excluding carboxylic acids is 2. The van der Waals surface area contributed by atoms with Gasteiger partial charge in [-0.1, -0.05) is 29.4 Å². The van der Waals surface area contributed by atoms with E-state index in [4.69, 9.17) is 11.6 Å². The molecule has 3 rings (SSSR count). The van der Waals surface area contributed by atoms with E-state index in [1.807, 2.05) is 25.1 Å². The fourth-order valence-corrected chi connectivity index (χ4v) is 3.13. The first-order valence-electron chi connectivity index (χ1n) is 6.94. The topological polar surface area (TPSA) is 80.1 Å². The molecule has 1 N–H and O–H groups in total. The minimum absolute atomic E-state index is 0.117. The summed E-state index contributed by atoms with van der Waals surface area (Å²) in [6, 6.07) is 5.29. The van der Waals surface area contributed by atoms with Gasteiger partial charge in [-0.05, 0) is 24.6 Å². The molecule has 1 fully saturated rings. The molecule has 0 aliphatic carbocycles. The number of aryl methyl sites for hydroxylation is 1. The number of hydrogen-bond donors (Lipinski definition) is 1. The van der Waals surface area contributed by atoms with Gasteiger partial charge in [0.1, 0.15) is 6.33 Å². The number of hydrogen-bond acceptors (Lipinski definition) is 5. The first kappa shape index (κ1) is 15.8. The van der Waals surface area contributed by atoms with Crippen LogP contribution in [0.3, 0.4) is 0 Å². The average Bonchev–Trinajstić information content (AvgIpc) is 3.16. The zero-order valence-electron chi connectivity index (χ0n) is 12.3. The van der Waals surface area contributed by atoms with Gasteiger partial charge in [0.15, 0.2) is 5.16 Å². The van der Waals surface area contributed by atoms with Crippen LogP contribution in [-0.4, -0.2) is 50.4 Å². The highest BCUT2D eigenvalue weighted by molar-refractivity contribution is 7.99. The van der Waals surface area contributed by atoms with E-state index in [1.54, 1.807) is 10.9 Å². The Bertz CT molecular complexity index is 763. The van der Waals surface area contributed by atoms with Crippen LogP contribution in [0.2, 0.25) is 5.02 Å². The normalized spacial score (nSPS) is 14.2. The SMILES string of the molecule is Cc1ccc(-n2cnnc2SCC(=O)N2CCNC2=O)cc1Cl. The lowest BCUT2D eigenvalue weighted by molar-refractivity contribution is -0.124. The van der Waals surface area contributed by atoms with Crippen molar-refractivity contribution in [3.05, 3.63) is 35.1 Å². The van der Waals surface area contributed by atoms with E-state index >= 15 is 0 Å². The highest BCUT2D eigenvalue weighted by Crippen LogP contribution is 2.24. The number of benzene rings is 1. The Balaban J connectivity index is 1.72. The minimum atomic E-state index is -0.345. The summed E-state index contributed by atoms with van der Waals surface area (Å²) in [5.41, 5.74) is 1.80. The van der Waals surface area contributed by atoms with Crippen molar-refractivity contribution in [2.24, 2.45) is 0 Å². The number of rotatable bonds is 4. The van der Waals surface area contributed by atoms with E-state index in [0.717, 1.165) is 11.3 Å². The molecule has 2 heterocycles. The Kier molecular flexibility index (Phi) is 4.53. The van der Waals surface area contributed by atoms with Gasteiger partial charge >= 0.3 is 6.03 Å². The van der Waals surface area contributed by atoms with Crippen LogP contribution in [0, 0.1) is 6.92 Å². The molecule has 0 unspecified atom stereocenters. The third-order valence-corrected chi connectivity index (χ3v) is 4.77. The second kappa shape index (κ2) is 6.59. The lowest BCUT2D eigenvalue weighted by Crippen LogP contribution is -2.35. The van der Waals surface area contributed by atoms with Gasteiger partial charge in [-0.3, -0.25) is 14.3 Å². The summed E-state index contributed by atoms with van der Waals surface area (Å²) in [5, 5.41) is 11.7. The molecule has 120 valence electrons. The molecule has 0 radical (unpaired) electrons. The third-order valence-electron chi connectivity index (χ3n) is 3.43. The summed E-state index contributed by atoms with van der Waals surface area (Å²) in [7, 11) is 0. The third kappa shape index (κ3) is 3.32. The fourth-order valence-electron chi connectivity index (χ4n) is 2.15. The number of nitrogens with zero attached hydrogens (tertiary/aromatic N) is 4. The summed E-state index contributed by atoms with van der Waals surface area (Å²) in [6.07, 6.45) is 1.57. The van der Waals surface area contributed by atoms with Crippen molar-refractivity contribution in [1.82, 2.24) is 25.0 Å². The molecular weight excluding hydrogens is 338 g/mol. The second-order valence-corrected chi connectivity index (χ2v) is 6.33. The maximum atomic E-state index is 12.1. The number of thioether (sulfide) groups is 1. The molecule has 0 atom stereocenters. The molecule has 23 heavy (non-hydrogen) atoms. The van der Waals surface area contributed by atoms with Crippen molar-refractivity contribution in [1.29, 1.82) is 0 Å². The second-order valence-electron chi connectivity index (χ2n) is 4.98. The van der Waals surface area contributed by atoms with Crippen molar-refractivity contribution in [2.45, 2.75) is 12.1 Å². The van der Waals surface area contributed by atoms with E-state index in [1.165, 1.54) is 16.7 Å². The fraction of sp³-hybridized carbons (Fsp3) is 0.286. The van der Waals surface area contributed by atoms with Crippen LogP contribution in [0.1, 0.15) is 5.56 Å². The van der Waals surface area contributed by atoms with Gasteiger partial charge in [-0.15, -0.1) is 10.2 Å². The molecule has 0 spiro atoms. The standard InChI is InChI=1S/C14H14ClN5O2S/c1-9-2-3-10(6-11(9)15)20-8-17-18-14(20)23-7-12(21)19-5-4-16-13(19)22/h2-3,6,8H,4-5,7H2,1H3,(H,16,22). The zero-order chi connectivity index (χ0) is 16.4. The number of halogens is 1. The van der Waals surface area contributed by atoms with Crippen molar-refractivity contribution < 1.29 is 9.59 Å². The van der Waals surface area contributed by atoms with Crippen molar-refractivity contribution in [3.8, 4) is 5.69 Å². The summed E-state index contributed by atoms with van der Waals surface area (Å²) >= 11 is 7.38. The van der Waals surface area contributed by atoms with Crippen LogP contribution < -0.4 is 5.32 Å².